The highest BCUT2D eigenvalue weighted by molar-refractivity contribution is 5.92. The summed E-state index contributed by atoms with van der Waals surface area (Å²) in [5.41, 5.74) is 0.426. The summed E-state index contributed by atoms with van der Waals surface area (Å²) in [5.74, 6) is 0.372. The first-order chi connectivity index (χ1) is 8.29. The lowest BCUT2D eigenvalue weighted by molar-refractivity contribution is 0.0922. The molecule has 2 rings (SSSR count). The summed E-state index contributed by atoms with van der Waals surface area (Å²) >= 11 is 0. The Hall–Kier alpha value is -1.58. The van der Waals surface area contributed by atoms with Crippen molar-refractivity contribution in [2.24, 2.45) is 0 Å². The largest absolute Gasteiger partial charge is 0.481 e. The molecule has 0 bridgehead atoms. The van der Waals surface area contributed by atoms with Crippen molar-refractivity contribution >= 4 is 5.91 Å². The molecule has 0 atom stereocenters. The van der Waals surface area contributed by atoms with Crippen molar-refractivity contribution in [3.05, 3.63) is 23.9 Å². The lowest BCUT2D eigenvalue weighted by atomic mass is 9.95. The molecule has 0 unspecified atom stereocenters. The summed E-state index contributed by atoms with van der Waals surface area (Å²) < 4.78 is 5.00. The molecule has 1 aromatic rings. The first kappa shape index (κ1) is 11.9. The van der Waals surface area contributed by atoms with E-state index >= 15 is 0 Å². The summed E-state index contributed by atoms with van der Waals surface area (Å²) in [6.07, 6.45) is 5.85. The number of nitrogens with one attached hydrogen (secondary N) is 1. The molecule has 1 aliphatic carbocycles. The van der Waals surface area contributed by atoms with Gasteiger partial charge in [-0.3, -0.25) is 4.79 Å². The third kappa shape index (κ3) is 3.19. The standard InChI is InChI=1S/C13H18N2O2/c1-17-12-9-5-8-11(15-12)13(16)14-10-6-3-2-4-7-10/h5,8-10H,2-4,6-7H2,1H3,(H,14,16). The Labute approximate surface area is 101 Å². The van der Waals surface area contributed by atoms with Crippen molar-refractivity contribution in [3.63, 3.8) is 0 Å². The maximum atomic E-state index is 12.0. The Morgan fingerprint density at radius 1 is 1.35 bits per heavy atom. The van der Waals surface area contributed by atoms with E-state index in [9.17, 15) is 4.79 Å². The zero-order valence-corrected chi connectivity index (χ0v) is 10.1. The van der Waals surface area contributed by atoms with E-state index in [-0.39, 0.29) is 5.91 Å². The molecular weight excluding hydrogens is 216 g/mol. The van der Waals surface area contributed by atoms with Crippen LogP contribution in [0.5, 0.6) is 5.88 Å². The molecule has 0 spiro atoms. The number of amides is 1. The van der Waals surface area contributed by atoms with E-state index in [0.717, 1.165) is 12.8 Å². The fourth-order valence-electron chi connectivity index (χ4n) is 2.16. The van der Waals surface area contributed by atoms with Crippen LogP contribution in [0.3, 0.4) is 0 Å². The second-order valence-electron chi connectivity index (χ2n) is 4.37. The quantitative estimate of drug-likeness (QED) is 0.871. The van der Waals surface area contributed by atoms with Crippen LogP contribution < -0.4 is 10.1 Å². The van der Waals surface area contributed by atoms with Gasteiger partial charge in [-0.05, 0) is 18.9 Å². The lowest BCUT2D eigenvalue weighted by Crippen LogP contribution is -2.36. The minimum Gasteiger partial charge on any atom is -0.481 e. The predicted molar refractivity (Wildman–Crippen MR) is 65.1 cm³/mol. The zero-order chi connectivity index (χ0) is 12.1. The van der Waals surface area contributed by atoms with Gasteiger partial charge >= 0.3 is 0 Å². The van der Waals surface area contributed by atoms with Gasteiger partial charge < -0.3 is 10.1 Å². The Bertz CT molecular complexity index is 387. The second-order valence-corrected chi connectivity index (χ2v) is 4.37. The second kappa shape index (κ2) is 5.66. The molecule has 1 amide bonds. The van der Waals surface area contributed by atoms with Crippen molar-refractivity contribution in [2.75, 3.05) is 7.11 Å². The highest BCUT2D eigenvalue weighted by atomic mass is 16.5. The van der Waals surface area contributed by atoms with Crippen LogP contribution in [0.25, 0.3) is 0 Å². The van der Waals surface area contributed by atoms with Gasteiger partial charge in [0.2, 0.25) is 5.88 Å². The Morgan fingerprint density at radius 2 is 2.12 bits per heavy atom. The summed E-state index contributed by atoms with van der Waals surface area (Å²) in [6.45, 7) is 0. The highest BCUT2D eigenvalue weighted by Crippen LogP contribution is 2.17. The number of rotatable bonds is 3. The summed E-state index contributed by atoms with van der Waals surface area (Å²) in [4.78, 5) is 16.1. The fraction of sp³-hybridized carbons (Fsp3) is 0.538. The molecule has 0 aromatic carbocycles. The van der Waals surface area contributed by atoms with Crippen molar-refractivity contribution in [1.82, 2.24) is 10.3 Å². The summed E-state index contributed by atoms with van der Waals surface area (Å²) in [6, 6.07) is 5.53. The van der Waals surface area contributed by atoms with Crippen LogP contribution in [0.2, 0.25) is 0 Å². The van der Waals surface area contributed by atoms with E-state index in [1.54, 1.807) is 25.3 Å². The monoisotopic (exact) mass is 234 g/mol. The van der Waals surface area contributed by atoms with Crippen LogP contribution in [-0.4, -0.2) is 24.0 Å². The zero-order valence-electron chi connectivity index (χ0n) is 10.1. The van der Waals surface area contributed by atoms with Gasteiger partial charge in [0.1, 0.15) is 5.69 Å². The Kier molecular flexibility index (Phi) is 3.96. The minimum atomic E-state index is -0.101. The molecule has 0 aliphatic heterocycles. The van der Waals surface area contributed by atoms with Gasteiger partial charge in [0.15, 0.2) is 0 Å². The van der Waals surface area contributed by atoms with Crippen molar-refractivity contribution in [3.8, 4) is 5.88 Å². The van der Waals surface area contributed by atoms with Crippen molar-refractivity contribution < 1.29 is 9.53 Å². The Morgan fingerprint density at radius 3 is 2.82 bits per heavy atom. The van der Waals surface area contributed by atoms with Crippen LogP contribution >= 0.6 is 0 Å². The van der Waals surface area contributed by atoms with E-state index in [4.69, 9.17) is 4.74 Å². The fourth-order valence-corrected chi connectivity index (χ4v) is 2.16. The highest BCUT2D eigenvalue weighted by Gasteiger charge is 2.17. The number of hydrogen-bond acceptors (Lipinski definition) is 3. The van der Waals surface area contributed by atoms with Crippen LogP contribution in [-0.2, 0) is 0 Å². The van der Waals surface area contributed by atoms with Gasteiger partial charge in [-0.15, -0.1) is 0 Å². The number of aromatic nitrogens is 1. The van der Waals surface area contributed by atoms with Gasteiger partial charge in [0, 0.05) is 12.1 Å². The molecule has 17 heavy (non-hydrogen) atoms. The molecule has 4 heteroatoms. The number of carbonyl (C=O) groups is 1. The van der Waals surface area contributed by atoms with E-state index in [0.29, 0.717) is 17.6 Å². The first-order valence-corrected chi connectivity index (χ1v) is 6.11. The molecule has 0 radical (unpaired) electrons. The normalized spacial score (nSPS) is 16.5. The molecule has 0 saturated heterocycles. The topological polar surface area (TPSA) is 51.2 Å². The molecule has 1 fully saturated rings. The smallest absolute Gasteiger partial charge is 0.270 e. The van der Waals surface area contributed by atoms with Gasteiger partial charge in [0.25, 0.3) is 5.91 Å². The third-order valence-corrected chi connectivity index (χ3v) is 3.11. The Balaban J connectivity index is 1.98. The van der Waals surface area contributed by atoms with Crippen LogP contribution in [0.15, 0.2) is 18.2 Å². The van der Waals surface area contributed by atoms with Crippen LogP contribution in [0, 0.1) is 0 Å². The molecule has 1 aliphatic rings. The van der Waals surface area contributed by atoms with Crippen molar-refractivity contribution in [1.29, 1.82) is 0 Å². The van der Waals surface area contributed by atoms with Gasteiger partial charge in [-0.25, -0.2) is 4.98 Å². The van der Waals surface area contributed by atoms with E-state index in [1.165, 1.54) is 19.3 Å². The molecule has 4 nitrogen and oxygen atoms in total. The molecular formula is C13H18N2O2. The molecule has 1 saturated carbocycles. The SMILES string of the molecule is COc1cccc(C(=O)NC2CCCCC2)n1. The molecule has 1 heterocycles. The van der Waals surface area contributed by atoms with E-state index < -0.39 is 0 Å². The average molecular weight is 234 g/mol. The maximum absolute atomic E-state index is 12.0. The number of hydrogen-bond donors (Lipinski definition) is 1. The molecule has 1 aromatic heterocycles. The van der Waals surface area contributed by atoms with Crippen LogP contribution in [0.4, 0.5) is 0 Å². The number of pyridine rings is 1. The van der Waals surface area contributed by atoms with Gasteiger partial charge in [-0.1, -0.05) is 25.3 Å². The molecule has 92 valence electrons. The summed E-state index contributed by atoms with van der Waals surface area (Å²) in [5, 5.41) is 3.03. The van der Waals surface area contributed by atoms with Gasteiger partial charge in [-0.2, -0.15) is 0 Å². The maximum Gasteiger partial charge on any atom is 0.270 e. The van der Waals surface area contributed by atoms with Crippen LogP contribution in [0.1, 0.15) is 42.6 Å². The van der Waals surface area contributed by atoms with E-state index in [1.807, 2.05) is 0 Å². The molecule has 1 N–H and O–H groups in total. The third-order valence-electron chi connectivity index (χ3n) is 3.11. The number of ether oxygens (including phenoxy) is 1. The summed E-state index contributed by atoms with van der Waals surface area (Å²) in [7, 11) is 1.55. The number of methoxy groups -OCH3 is 1. The average Bonchev–Trinajstić information content (AvgIpc) is 2.40. The van der Waals surface area contributed by atoms with Crippen molar-refractivity contribution in [2.45, 2.75) is 38.1 Å². The van der Waals surface area contributed by atoms with E-state index in [2.05, 4.69) is 10.3 Å². The number of nitrogens with zero attached hydrogens (tertiary/aromatic N) is 1. The lowest BCUT2D eigenvalue weighted by Gasteiger charge is -2.22. The predicted octanol–water partition coefficient (Wildman–Crippen LogP) is 2.15. The number of carbonyl (C=O) groups excluding carboxylic acids is 1. The minimum absolute atomic E-state index is 0.101. The first-order valence-electron chi connectivity index (χ1n) is 6.11. The van der Waals surface area contributed by atoms with Gasteiger partial charge in [0.05, 0.1) is 7.11 Å².